The third-order valence-electron chi connectivity index (χ3n) is 2.25. The van der Waals surface area contributed by atoms with Crippen molar-refractivity contribution >= 4 is 27.9 Å². The fourth-order valence-electron chi connectivity index (χ4n) is 1.37. The van der Waals surface area contributed by atoms with E-state index in [-0.39, 0.29) is 22.7 Å². The van der Waals surface area contributed by atoms with Gasteiger partial charge in [-0.1, -0.05) is 29.8 Å². The molecule has 4 nitrogen and oxygen atoms in total. The fraction of sp³-hybridized carbons (Fsp3) is 0.778. The average molecular weight is 264 g/mol. The van der Waals surface area contributed by atoms with E-state index in [0.717, 1.165) is 0 Å². The first-order valence-corrected chi connectivity index (χ1v) is 5.50. The second-order valence-electron chi connectivity index (χ2n) is 3.71. The van der Waals surface area contributed by atoms with Crippen molar-refractivity contribution in [3.05, 3.63) is 0 Å². The first-order valence-electron chi connectivity index (χ1n) is 4.59. The van der Waals surface area contributed by atoms with Gasteiger partial charge in [0.1, 0.15) is 6.61 Å². The van der Waals surface area contributed by atoms with Gasteiger partial charge in [0.15, 0.2) is 0 Å². The number of alkyl halides is 1. The molecule has 0 unspecified atom stereocenters. The molecule has 1 aliphatic heterocycles. The lowest BCUT2D eigenvalue weighted by atomic mass is 10.0. The second kappa shape index (κ2) is 4.29. The van der Waals surface area contributed by atoms with Crippen LogP contribution in [-0.2, 0) is 9.53 Å². The van der Waals surface area contributed by atoms with Crippen LogP contribution in [0.4, 0.5) is 4.79 Å². The SMILES string of the molecule is CC(C)[C@H]1COC(=O)N1C(=O)[C@@H](C)Br. The number of hydrogen-bond acceptors (Lipinski definition) is 3. The van der Waals surface area contributed by atoms with E-state index in [1.165, 1.54) is 4.90 Å². The lowest BCUT2D eigenvalue weighted by Gasteiger charge is -2.23. The van der Waals surface area contributed by atoms with E-state index in [0.29, 0.717) is 6.61 Å². The number of imide groups is 1. The highest BCUT2D eigenvalue weighted by Gasteiger charge is 2.40. The van der Waals surface area contributed by atoms with Gasteiger partial charge in [0.2, 0.25) is 5.91 Å². The Morgan fingerprint density at radius 2 is 2.14 bits per heavy atom. The Morgan fingerprint density at radius 3 is 2.57 bits per heavy atom. The van der Waals surface area contributed by atoms with Gasteiger partial charge in [-0.15, -0.1) is 0 Å². The molecule has 80 valence electrons. The molecule has 1 rings (SSSR count). The highest BCUT2D eigenvalue weighted by molar-refractivity contribution is 9.10. The van der Waals surface area contributed by atoms with Crippen molar-refractivity contribution in [2.45, 2.75) is 31.6 Å². The van der Waals surface area contributed by atoms with Crippen LogP contribution in [0.3, 0.4) is 0 Å². The molecule has 1 heterocycles. The van der Waals surface area contributed by atoms with Crippen LogP contribution in [-0.4, -0.2) is 34.4 Å². The molecule has 0 aromatic heterocycles. The van der Waals surface area contributed by atoms with E-state index in [1.807, 2.05) is 13.8 Å². The summed E-state index contributed by atoms with van der Waals surface area (Å²) in [5.41, 5.74) is 0. The minimum Gasteiger partial charge on any atom is -0.447 e. The Balaban J connectivity index is 2.82. The zero-order valence-electron chi connectivity index (χ0n) is 8.49. The van der Waals surface area contributed by atoms with Crippen molar-refractivity contribution < 1.29 is 14.3 Å². The maximum atomic E-state index is 11.6. The predicted octanol–water partition coefficient (Wildman–Crippen LogP) is 1.77. The molecule has 0 aromatic rings. The fourth-order valence-corrected chi connectivity index (χ4v) is 1.59. The molecular formula is C9H14BrNO3. The van der Waals surface area contributed by atoms with Crippen LogP contribution in [0.5, 0.6) is 0 Å². The van der Waals surface area contributed by atoms with E-state index >= 15 is 0 Å². The van der Waals surface area contributed by atoms with Crippen molar-refractivity contribution in [2.24, 2.45) is 5.92 Å². The standard InChI is InChI=1S/C9H14BrNO3/c1-5(2)7-4-14-9(13)11(7)8(12)6(3)10/h5-7H,4H2,1-3H3/t6-,7-/m1/s1. The third kappa shape index (κ3) is 2.08. The maximum Gasteiger partial charge on any atom is 0.417 e. The van der Waals surface area contributed by atoms with Gasteiger partial charge in [-0.25, -0.2) is 9.69 Å². The summed E-state index contributed by atoms with van der Waals surface area (Å²) in [7, 11) is 0. The van der Waals surface area contributed by atoms with Gasteiger partial charge in [-0.2, -0.15) is 0 Å². The van der Waals surface area contributed by atoms with E-state index in [4.69, 9.17) is 4.74 Å². The first kappa shape index (κ1) is 11.5. The van der Waals surface area contributed by atoms with E-state index in [2.05, 4.69) is 15.9 Å². The summed E-state index contributed by atoms with van der Waals surface area (Å²) in [5, 5.41) is 0. The molecule has 0 spiro atoms. The van der Waals surface area contributed by atoms with Crippen LogP contribution in [0.25, 0.3) is 0 Å². The molecule has 0 saturated carbocycles. The molecule has 1 fully saturated rings. The summed E-state index contributed by atoms with van der Waals surface area (Å²) in [6.07, 6.45) is -0.528. The molecule has 0 bridgehead atoms. The highest BCUT2D eigenvalue weighted by atomic mass is 79.9. The zero-order chi connectivity index (χ0) is 10.9. The van der Waals surface area contributed by atoms with E-state index in [9.17, 15) is 9.59 Å². The van der Waals surface area contributed by atoms with Crippen molar-refractivity contribution in [3.63, 3.8) is 0 Å². The van der Waals surface area contributed by atoms with Crippen molar-refractivity contribution in [2.75, 3.05) is 6.61 Å². The Hall–Kier alpha value is -0.580. The summed E-state index contributed by atoms with van der Waals surface area (Å²) >= 11 is 3.15. The highest BCUT2D eigenvalue weighted by Crippen LogP contribution is 2.21. The Labute approximate surface area is 91.7 Å². The van der Waals surface area contributed by atoms with Gasteiger partial charge in [0, 0.05) is 0 Å². The lowest BCUT2D eigenvalue weighted by molar-refractivity contribution is -0.128. The second-order valence-corrected chi connectivity index (χ2v) is 5.09. The molecule has 5 heteroatoms. The summed E-state index contributed by atoms with van der Waals surface area (Å²) in [6, 6.07) is -0.130. The Bertz CT molecular complexity index is 252. The zero-order valence-corrected chi connectivity index (χ0v) is 10.1. The monoisotopic (exact) mass is 263 g/mol. The summed E-state index contributed by atoms with van der Waals surface area (Å²) in [6.45, 7) is 5.94. The van der Waals surface area contributed by atoms with Crippen LogP contribution in [0.2, 0.25) is 0 Å². The number of ether oxygens (including phenoxy) is 1. The Kier molecular flexibility index (Phi) is 3.53. The number of amides is 2. The van der Waals surface area contributed by atoms with Crippen molar-refractivity contribution in [1.29, 1.82) is 0 Å². The van der Waals surface area contributed by atoms with Crippen LogP contribution in [0.15, 0.2) is 0 Å². The van der Waals surface area contributed by atoms with E-state index < -0.39 is 6.09 Å². The first-order chi connectivity index (χ1) is 6.45. The molecule has 1 aliphatic rings. The minimum absolute atomic E-state index is 0.130. The molecule has 0 N–H and O–H groups in total. The number of cyclic esters (lactones) is 1. The van der Waals surface area contributed by atoms with Crippen molar-refractivity contribution in [3.8, 4) is 0 Å². The molecule has 1 saturated heterocycles. The number of halogens is 1. The van der Waals surface area contributed by atoms with Crippen LogP contribution in [0.1, 0.15) is 20.8 Å². The topological polar surface area (TPSA) is 46.6 Å². The molecule has 2 atom stereocenters. The molecular weight excluding hydrogens is 250 g/mol. The maximum absolute atomic E-state index is 11.6. The number of hydrogen-bond donors (Lipinski definition) is 0. The van der Waals surface area contributed by atoms with Gasteiger partial charge in [0.05, 0.1) is 10.9 Å². The molecule has 2 amide bonds. The Morgan fingerprint density at radius 1 is 1.57 bits per heavy atom. The largest absolute Gasteiger partial charge is 0.447 e. The van der Waals surface area contributed by atoms with Crippen LogP contribution in [0, 0.1) is 5.92 Å². The van der Waals surface area contributed by atoms with Crippen LogP contribution < -0.4 is 0 Å². The van der Waals surface area contributed by atoms with Crippen molar-refractivity contribution in [1.82, 2.24) is 4.90 Å². The molecule has 0 aliphatic carbocycles. The summed E-state index contributed by atoms with van der Waals surface area (Å²) in [5.74, 6) is -0.0113. The van der Waals surface area contributed by atoms with Crippen LogP contribution >= 0.6 is 15.9 Å². The average Bonchev–Trinajstić information content (AvgIpc) is 2.45. The summed E-state index contributed by atoms with van der Waals surface area (Å²) < 4.78 is 4.86. The van der Waals surface area contributed by atoms with Gasteiger partial charge >= 0.3 is 6.09 Å². The molecule has 0 aromatic carbocycles. The minimum atomic E-state index is -0.528. The normalized spacial score (nSPS) is 23.9. The molecule has 0 radical (unpaired) electrons. The number of carbonyl (C=O) groups excluding carboxylic acids is 2. The third-order valence-corrected chi connectivity index (χ3v) is 2.64. The number of carbonyl (C=O) groups is 2. The van der Waals surface area contributed by atoms with Gasteiger partial charge in [0.25, 0.3) is 0 Å². The molecule has 14 heavy (non-hydrogen) atoms. The van der Waals surface area contributed by atoms with Gasteiger partial charge < -0.3 is 4.74 Å². The van der Waals surface area contributed by atoms with Gasteiger partial charge in [-0.05, 0) is 12.8 Å². The number of nitrogens with zero attached hydrogens (tertiary/aromatic N) is 1. The van der Waals surface area contributed by atoms with E-state index in [1.54, 1.807) is 6.92 Å². The quantitative estimate of drug-likeness (QED) is 0.714. The lowest BCUT2D eigenvalue weighted by Crippen LogP contribution is -2.44. The summed E-state index contributed by atoms with van der Waals surface area (Å²) in [4.78, 5) is 23.8. The predicted molar refractivity (Wildman–Crippen MR) is 55.2 cm³/mol. The van der Waals surface area contributed by atoms with Gasteiger partial charge in [-0.3, -0.25) is 4.79 Å². The smallest absolute Gasteiger partial charge is 0.417 e. The number of rotatable bonds is 2.